The molecule has 1 fully saturated rings. The molecule has 1 aromatic heterocycles. The number of rotatable bonds is 7. The van der Waals surface area contributed by atoms with Gasteiger partial charge in [0.25, 0.3) is 0 Å². The van der Waals surface area contributed by atoms with E-state index < -0.39 is 34.0 Å². The number of ether oxygens (including phenoxy) is 1. The van der Waals surface area contributed by atoms with E-state index in [1.165, 1.54) is 24.3 Å². The van der Waals surface area contributed by atoms with Crippen LogP contribution in [0.1, 0.15) is 24.8 Å². The fraction of sp³-hybridized carbons (Fsp3) is 0.286. The van der Waals surface area contributed by atoms with E-state index in [1.807, 2.05) is 0 Å². The molecule has 3 aromatic rings. The number of hydrogen-bond acceptors (Lipinski definition) is 4. The number of benzene rings is 2. The van der Waals surface area contributed by atoms with E-state index in [-0.39, 0.29) is 39.7 Å². The summed E-state index contributed by atoms with van der Waals surface area (Å²) in [5, 5.41) is 0.434. The summed E-state index contributed by atoms with van der Waals surface area (Å²) in [7, 11) is 0. The molecule has 2 N–H and O–H groups in total. The number of para-hydroxylation sites is 1. The normalized spacial score (nSPS) is 16.2. The second-order valence-electron chi connectivity index (χ2n) is 7.53. The molecule has 0 amide bonds. The predicted molar refractivity (Wildman–Crippen MR) is 114 cm³/mol. The van der Waals surface area contributed by atoms with E-state index in [0.29, 0.717) is 19.3 Å². The molecular weight excluding hydrogens is 471 g/mol. The Morgan fingerprint density at radius 1 is 1.22 bits per heavy atom. The van der Waals surface area contributed by atoms with Crippen LogP contribution in [0.2, 0.25) is 5.02 Å². The second kappa shape index (κ2) is 8.51. The van der Waals surface area contributed by atoms with Crippen LogP contribution >= 0.6 is 11.6 Å². The number of fused-ring (bicyclic) bond motifs is 1. The minimum atomic E-state index is -4.60. The zero-order valence-electron chi connectivity index (χ0n) is 16.4. The smallest absolute Gasteiger partial charge is 0.416 e. The topological polar surface area (TPSA) is 88.8 Å². The summed E-state index contributed by atoms with van der Waals surface area (Å²) in [5.74, 6) is -0.120. The van der Waals surface area contributed by atoms with E-state index in [4.69, 9.17) is 25.3 Å². The Morgan fingerprint density at radius 3 is 2.62 bits per heavy atom. The first-order valence-electron chi connectivity index (χ1n) is 9.53. The van der Waals surface area contributed by atoms with E-state index in [1.54, 1.807) is 6.07 Å². The quantitative estimate of drug-likeness (QED) is 0.449. The third-order valence-electron chi connectivity index (χ3n) is 5.28. The van der Waals surface area contributed by atoms with Gasteiger partial charge in [-0.05, 0) is 43.2 Å². The van der Waals surface area contributed by atoms with Crippen molar-refractivity contribution < 1.29 is 31.1 Å². The van der Waals surface area contributed by atoms with Gasteiger partial charge in [0.2, 0.25) is 11.3 Å². The number of alkyl halides is 3. The minimum Gasteiger partial charge on any atom is -0.493 e. The van der Waals surface area contributed by atoms with Gasteiger partial charge in [-0.25, -0.2) is 8.93 Å². The lowest BCUT2D eigenvalue weighted by atomic mass is 10.1. The Bertz CT molecular complexity index is 1260. The van der Waals surface area contributed by atoms with Gasteiger partial charge in [-0.3, -0.25) is 9.35 Å². The van der Waals surface area contributed by atoms with Crippen LogP contribution in [0.5, 0.6) is 5.75 Å². The fourth-order valence-corrected chi connectivity index (χ4v) is 4.28. The van der Waals surface area contributed by atoms with E-state index in [9.17, 15) is 22.2 Å². The molecule has 1 atom stereocenters. The van der Waals surface area contributed by atoms with Crippen LogP contribution in [0.15, 0.2) is 51.7 Å². The molecule has 1 aliphatic rings. The van der Waals surface area contributed by atoms with Crippen LogP contribution in [0.3, 0.4) is 0 Å². The van der Waals surface area contributed by atoms with Crippen molar-refractivity contribution in [2.75, 3.05) is 6.61 Å². The first-order chi connectivity index (χ1) is 15.1. The summed E-state index contributed by atoms with van der Waals surface area (Å²) >= 11 is 3.93. The minimum absolute atomic E-state index is 0.00930. The molecule has 0 radical (unpaired) electrons. The van der Waals surface area contributed by atoms with Crippen LogP contribution in [0.25, 0.3) is 22.3 Å². The van der Waals surface area contributed by atoms with Gasteiger partial charge in [0.1, 0.15) is 11.5 Å². The lowest BCUT2D eigenvalue weighted by Gasteiger charge is -2.17. The van der Waals surface area contributed by atoms with Gasteiger partial charge in [-0.2, -0.15) is 13.2 Å². The monoisotopic (exact) mass is 487 g/mol. The maximum absolute atomic E-state index is 13.3. The molecule has 0 bridgehead atoms. The molecule has 1 aliphatic carbocycles. The van der Waals surface area contributed by atoms with Crippen molar-refractivity contribution in [1.29, 1.82) is 0 Å². The lowest BCUT2D eigenvalue weighted by molar-refractivity contribution is -0.137. The fourth-order valence-electron chi connectivity index (χ4n) is 3.39. The van der Waals surface area contributed by atoms with Gasteiger partial charge in [0.05, 0.1) is 28.1 Å². The summed E-state index contributed by atoms with van der Waals surface area (Å²) in [6.45, 7) is -0.0168. The highest BCUT2D eigenvalue weighted by atomic mass is 35.5. The van der Waals surface area contributed by atoms with Crippen LogP contribution in [0, 0.1) is 0 Å². The average molecular weight is 488 g/mol. The molecule has 11 heteroatoms. The summed E-state index contributed by atoms with van der Waals surface area (Å²) in [4.78, 5) is 12.5. The first kappa shape index (κ1) is 22.8. The summed E-state index contributed by atoms with van der Waals surface area (Å²) in [6, 6.07) is 8.72. The van der Waals surface area contributed by atoms with Crippen LogP contribution < -0.4 is 14.9 Å². The largest absolute Gasteiger partial charge is 0.493 e. The molecule has 1 unspecified atom stereocenters. The Balaban J connectivity index is 1.70. The molecule has 1 heterocycles. The third kappa shape index (κ3) is 4.83. The van der Waals surface area contributed by atoms with Crippen molar-refractivity contribution in [1.82, 2.24) is 4.72 Å². The maximum Gasteiger partial charge on any atom is 0.416 e. The Morgan fingerprint density at radius 2 is 1.97 bits per heavy atom. The van der Waals surface area contributed by atoms with Crippen molar-refractivity contribution in [2.24, 2.45) is 0 Å². The summed E-state index contributed by atoms with van der Waals surface area (Å²) < 4.78 is 73.8. The molecule has 1 saturated carbocycles. The molecule has 6 nitrogen and oxygen atoms in total. The van der Waals surface area contributed by atoms with Gasteiger partial charge in [0.15, 0.2) is 11.0 Å². The van der Waals surface area contributed by atoms with Crippen molar-refractivity contribution in [3.63, 3.8) is 0 Å². The molecule has 2 aromatic carbocycles. The standard InChI is InChI=1S/C21H17ClF3NO5S/c22-15-3-1-2-13-16(27)11-18(31-19(13)15)14-5-4-12(21(23,24)25)10-17(14)30-9-8-20(6-7-20)26-32(28)29/h1-5,10-11,26H,6-9H2,(H,28,29). The Kier molecular flexibility index (Phi) is 6.06. The molecule has 0 aliphatic heterocycles. The van der Waals surface area contributed by atoms with Crippen LogP contribution in [-0.2, 0) is 17.4 Å². The van der Waals surface area contributed by atoms with E-state index in [0.717, 1.165) is 12.1 Å². The van der Waals surface area contributed by atoms with E-state index >= 15 is 0 Å². The van der Waals surface area contributed by atoms with Gasteiger partial charge in [-0.15, -0.1) is 0 Å². The Labute approximate surface area is 187 Å². The lowest BCUT2D eigenvalue weighted by Crippen LogP contribution is -2.34. The second-order valence-corrected chi connectivity index (χ2v) is 8.64. The summed E-state index contributed by atoms with van der Waals surface area (Å²) in [5.41, 5.74) is -1.63. The van der Waals surface area contributed by atoms with Crippen molar-refractivity contribution in [3.8, 4) is 17.1 Å². The zero-order valence-corrected chi connectivity index (χ0v) is 17.9. The highest BCUT2D eigenvalue weighted by Crippen LogP contribution is 2.41. The average Bonchev–Trinajstić information content (AvgIpc) is 3.46. The Hall–Kier alpha value is -2.40. The van der Waals surface area contributed by atoms with Crippen molar-refractivity contribution in [2.45, 2.75) is 31.0 Å². The number of halogens is 4. The third-order valence-corrected chi connectivity index (χ3v) is 6.18. The van der Waals surface area contributed by atoms with Crippen molar-refractivity contribution in [3.05, 3.63) is 63.3 Å². The molecule has 170 valence electrons. The van der Waals surface area contributed by atoms with Gasteiger partial charge in [0, 0.05) is 18.0 Å². The molecule has 4 rings (SSSR count). The molecule has 0 saturated heterocycles. The first-order valence-corrected chi connectivity index (χ1v) is 11.0. The van der Waals surface area contributed by atoms with E-state index in [2.05, 4.69) is 4.72 Å². The van der Waals surface area contributed by atoms with Crippen LogP contribution in [-0.4, -0.2) is 20.9 Å². The van der Waals surface area contributed by atoms with Crippen molar-refractivity contribution >= 4 is 33.8 Å². The molecule has 32 heavy (non-hydrogen) atoms. The van der Waals surface area contributed by atoms with Gasteiger partial charge < -0.3 is 9.15 Å². The zero-order chi connectivity index (χ0) is 23.1. The highest BCUT2D eigenvalue weighted by Gasteiger charge is 2.43. The van der Waals surface area contributed by atoms with Gasteiger partial charge >= 0.3 is 6.18 Å². The summed E-state index contributed by atoms with van der Waals surface area (Å²) in [6.07, 6.45) is -2.99. The highest BCUT2D eigenvalue weighted by molar-refractivity contribution is 7.77. The number of hydrogen-bond donors (Lipinski definition) is 2. The number of nitrogens with one attached hydrogen (secondary N) is 1. The molecule has 0 spiro atoms. The SMILES string of the molecule is O=c1cc(-c2ccc(C(F)(F)F)cc2OCCC2(NS(=O)O)CC2)oc2c(Cl)cccc12. The molecular formula is C21H17ClF3NO5S. The predicted octanol–water partition coefficient (Wildman–Crippen LogP) is 5.16. The maximum atomic E-state index is 13.3. The van der Waals surface area contributed by atoms with Gasteiger partial charge in [-0.1, -0.05) is 17.7 Å². The van der Waals surface area contributed by atoms with Crippen LogP contribution in [0.4, 0.5) is 13.2 Å².